The highest BCUT2D eigenvalue weighted by Gasteiger charge is 2.48. The number of anilines is 1. The third-order valence-corrected chi connectivity index (χ3v) is 6.98. The van der Waals surface area contributed by atoms with Gasteiger partial charge in [0, 0.05) is 25.3 Å². The Morgan fingerprint density at radius 2 is 2.19 bits per heavy atom. The van der Waals surface area contributed by atoms with Gasteiger partial charge in [-0.05, 0) is 68.6 Å². The molecular formula is C23H31FN4O3. The van der Waals surface area contributed by atoms with E-state index in [0.717, 1.165) is 37.9 Å². The number of aliphatic carboxylic acids is 1. The fraction of sp³-hybridized carbons (Fsp3) is 0.609. The molecule has 2 heterocycles. The van der Waals surface area contributed by atoms with Crippen molar-refractivity contribution in [2.45, 2.75) is 51.5 Å². The van der Waals surface area contributed by atoms with Gasteiger partial charge in [0.25, 0.3) is 5.56 Å². The number of H-pyrrole nitrogens is 1. The lowest BCUT2D eigenvalue weighted by Crippen LogP contribution is -2.39. The van der Waals surface area contributed by atoms with Crippen LogP contribution in [0.3, 0.4) is 0 Å². The molecule has 1 aliphatic heterocycles. The lowest BCUT2D eigenvalue weighted by atomic mass is 9.78. The van der Waals surface area contributed by atoms with Crippen LogP contribution in [0.15, 0.2) is 35.0 Å². The van der Waals surface area contributed by atoms with E-state index in [2.05, 4.69) is 22.2 Å². The first kappa shape index (κ1) is 21.7. The van der Waals surface area contributed by atoms with Crippen molar-refractivity contribution in [3.63, 3.8) is 0 Å². The Labute approximate surface area is 181 Å². The molecule has 168 valence electrons. The van der Waals surface area contributed by atoms with E-state index >= 15 is 0 Å². The van der Waals surface area contributed by atoms with Crippen LogP contribution in [-0.2, 0) is 11.2 Å². The minimum atomic E-state index is -0.766. The quantitative estimate of drug-likeness (QED) is 0.549. The highest BCUT2D eigenvalue weighted by atomic mass is 19.1. The highest BCUT2D eigenvalue weighted by Crippen LogP contribution is 2.50. The second-order valence-electron chi connectivity index (χ2n) is 9.28. The molecule has 1 unspecified atom stereocenters. The van der Waals surface area contributed by atoms with E-state index in [4.69, 9.17) is 5.11 Å². The zero-order valence-electron chi connectivity index (χ0n) is 17.9. The molecule has 8 heteroatoms. The molecule has 3 aliphatic rings. The number of carbonyl (C=O) groups is 1. The number of piperidine rings is 1. The Bertz CT molecular complexity index is 935. The van der Waals surface area contributed by atoms with Crippen LogP contribution in [0.1, 0.15) is 44.7 Å². The van der Waals surface area contributed by atoms with E-state index in [1.54, 1.807) is 18.3 Å². The smallest absolute Gasteiger partial charge is 0.306 e. The number of nitrogens with one attached hydrogen (secondary N) is 2. The predicted molar refractivity (Wildman–Crippen MR) is 117 cm³/mol. The van der Waals surface area contributed by atoms with Gasteiger partial charge in [0.15, 0.2) is 5.82 Å². The van der Waals surface area contributed by atoms with Gasteiger partial charge in [0.1, 0.15) is 5.83 Å². The van der Waals surface area contributed by atoms with Crippen molar-refractivity contribution in [3.8, 4) is 0 Å². The van der Waals surface area contributed by atoms with E-state index in [1.807, 2.05) is 11.0 Å². The molecule has 0 amide bonds. The number of aromatic nitrogens is 2. The van der Waals surface area contributed by atoms with Gasteiger partial charge in [-0.2, -0.15) is 0 Å². The topological polar surface area (TPSA) is 98.3 Å². The standard InChI is InChI=1S/C23H31FN4O3/c1-23(8-4-16(24)5-9-23)18-13-19(18)25-10-2-3-17-14-26-21(29)20(27-17)28-11-6-15(7-12-28)22(30)31/h4-5,8,14-15,18-19,25H,2-3,6-7,9-13H2,1H3,(H,26,29)(H,30,31)/t18-,19-,23?/m1/s1. The zero-order chi connectivity index (χ0) is 22.0. The summed E-state index contributed by atoms with van der Waals surface area (Å²) in [5, 5.41) is 12.7. The molecule has 2 fully saturated rings. The second-order valence-corrected chi connectivity index (χ2v) is 9.28. The Morgan fingerprint density at radius 3 is 2.87 bits per heavy atom. The van der Waals surface area contributed by atoms with Gasteiger partial charge in [0.05, 0.1) is 11.6 Å². The fourth-order valence-electron chi connectivity index (χ4n) is 4.82. The Hall–Kier alpha value is -2.48. The molecule has 3 N–H and O–H groups in total. The molecule has 1 aromatic heterocycles. The largest absolute Gasteiger partial charge is 0.481 e. The average molecular weight is 431 g/mol. The third kappa shape index (κ3) is 5.06. The molecule has 0 radical (unpaired) electrons. The molecule has 7 nitrogen and oxygen atoms in total. The van der Waals surface area contributed by atoms with Crippen LogP contribution >= 0.6 is 0 Å². The number of allylic oxidation sites excluding steroid dienone is 4. The van der Waals surface area contributed by atoms with Crippen LogP contribution in [0.2, 0.25) is 0 Å². The summed E-state index contributed by atoms with van der Waals surface area (Å²) in [5.41, 5.74) is 0.652. The minimum absolute atomic E-state index is 0.0384. The monoisotopic (exact) mass is 430 g/mol. The fourth-order valence-corrected chi connectivity index (χ4v) is 4.82. The van der Waals surface area contributed by atoms with Crippen LogP contribution in [0.5, 0.6) is 0 Å². The molecular weight excluding hydrogens is 399 g/mol. The first-order chi connectivity index (χ1) is 14.9. The van der Waals surface area contributed by atoms with Crippen LogP contribution in [0.4, 0.5) is 10.2 Å². The van der Waals surface area contributed by atoms with E-state index in [0.29, 0.717) is 43.7 Å². The van der Waals surface area contributed by atoms with Crippen LogP contribution in [0, 0.1) is 17.3 Å². The highest BCUT2D eigenvalue weighted by molar-refractivity contribution is 5.70. The van der Waals surface area contributed by atoms with Gasteiger partial charge in [-0.1, -0.05) is 13.0 Å². The molecule has 0 spiro atoms. The van der Waals surface area contributed by atoms with E-state index in [1.165, 1.54) is 0 Å². The number of halogens is 1. The summed E-state index contributed by atoms with van der Waals surface area (Å²) < 4.78 is 13.2. The van der Waals surface area contributed by atoms with Crippen molar-refractivity contribution >= 4 is 11.8 Å². The molecule has 1 saturated heterocycles. The number of aromatic amines is 1. The number of hydrogen-bond acceptors (Lipinski definition) is 5. The second kappa shape index (κ2) is 8.94. The molecule has 1 saturated carbocycles. The number of rotatable bonds is 8. The minimum Gasteiger partial charge on any atom is -0.481 e. The van der Waals surface area contributed by atoms with Gasteiger partial charge in [-0.3, -0.25) is 9.59 Å². The van der Waals surface area contributed by atoms with E-state index < -0.39 is 5.97 Å². The Balaban J connectivity index is 1.23. The summed E-state index contributed by atoms with van der Waals surface area (Å²) in [7, 11) is 0. The number of hydrogen-bond donors (Lipinski definition) is 3. The first-order valence-corrected chi connectivity index (χ1v) is 11.2. The van der Waals surface area contributed by atoms with E-state index in [-0.39, 0.29) is 22.7 Å². The van der Waals surface area contributed by atoms with Crippen molar-refractivity contribution < 1.29 is 14.3 Å². The normalized spacial score (nSPS) is 28.5. The van der Waals surface area contributed by atoms with Crippen LogP contribution in [0.25, 0.3) is 0 Å². The lowest BCUT2D eigenvalue weighted by Gasteiger charge is -2.30. The molecule has 3 atom stereocenters. The molecule has 4 rings (SSSR count). The summed E-state index contributed by atoms with van der Waals surface area (Å²) in [6, 6.07) is 0.471. The van der Waals surface area contributed by atoms with Gasteiger partial charge in [-0.25, -0.2) is 9.37 Å². The number of carboxylic acids is 1. The summed E-state index contributed by atoms with van der Waals surface area (Å²) in [6.45, 7) is 4.13. The number of nitrogens with zero attached hydrogens (tertiary/aromatic N) is 2. The van der Waals surface area contributed by atoms with Gasteiger partial charge < -0.3 is 20.3 Å². The predicted octanol–water partition coefficient (Wildman–Crippen LogP) is 2.80. The molecule has 0 bridgehead atoms. The maximum atomic E-state index is 13.2. The molecule has 2 aliphatic carbocycles. The average Bonchev–Trinajstić information content (AvgIpc) is 3.55. The zero-order valence-corrected chi connectivity index (χ0v) is 17.9. The molecule has 31 heavy (non-hydrogen) atoms. The van der Waals surface area contributed by atoms with Crippen LogP contribution in [-0.4, -0.2) is 46.7 Å². The Morgan fingerprint density at radius 1 is 1.42 bits per heavy atom. The SMILES string of the molecule is CC1([C@@H]2C[C@H]2NCCCc2c[nH]c(=O)c(N3CCC(C(=O)O)CC3)n2)C=CC(F)=CC1. The van der Waals surface area contributed by atoms with Gasteiger partial charge >= 0.3 is 5.97 Å². The summed E-state index contributed by atoms with van der Waals surface area (Å²) in [4.78, 5) is 32.6. The van der Waals surface area contributed by atoms with Crippen LogP contribution < -0.4 is 15.8 Å². The Kier molecular flexibility index (Phi) is 6.27. The van der Waals surface area contributed by atoms with E-state index in [9.17, 15) is 14.0 Å². The molecule has 0 aromatic carbocycles. The summed E-state index contributed by atoms with van der Waals surface area (Å²) >= 11 is 0. The van der Waals surface area contributed by atoms with Gasteiger partial charge in [0.2, 0.25) is 0 Å². The molecule has 1 aromatic rings. The number of aryl methyl sites for hydroxylation is 1. The van der Waals surface area contributed by atoms with Gasteiger partial charge in [-0.15, -0.1) is 0 Å². The van der Waals surface area contributed by atoms with Crippen molar-refractivity contribution in [2.24, 2.45) is 17.3 Å². The maximum Gasteiger partial charge on any atom is 0.306 e. The van der Waals surface area contributed by atoms with Crippen molar-refractivity contribution in [1.82, 2.24) is 15.3 Å². The number of carboxylic acid groups (broad SMARTS) is 1. The van der Waals surface area contributed by atoms with Crippen molar-refractivity contribution in [1.29, 1.82) is 0 Å². The maximum absolute atomic E-state index is 13.2. The van der Waals surface area contributed by atoms with Crippen molar-refractivity contribution in [3.05, 3.63) is 46.3 Å². The summed E-state index contributed by atoms with van der Waals surface area (Å²) in [6.07, 6.45) is 11.5. The lowest BCUT2D eigenvalue weighted by molar-refractivity contribution is -0.142. The summed E-state index contributed by atoms with van der Waals surface area (Å²) in [5.74, 6) is -0.301. The van der Waals surface area contributed by atoms with Crippen molar-refractivity contribution in [2.75, 3.05) is 24.5 Å². The third-order valence-electron chi connectivity index (χ3n) is 6.98. The first-order valence-electron chi connectivity index (χ1n) is 11.2.